The standard InChI is InChI=1S/C18H11F3N4O/c19-18(20,21)13-5-6-14-15(7-13)25-16(24-14)11-3-1-10(2-4-11)12-8-22-17(26)23-9-12/h1-9H,(H,24,25)(H,22,23,26). The molecule has 0 aliphatic heterocycles. The van der Waals surface area contributed by atoms with Crippen molar-refractivity contribution in [3.8, 4) is 28.5 Å². The van der Waals surface area contributed by atoms with Crippen LogP contribution >= 0.6 is 0 Å². The molecule has 130 valence electrons. The lowest BCUT2D eigenvalue weighted by atomic mass is 10.1. The Labute approximate surface area is 145 Å². The van der Waals surface area contributed by atoms with E-state index in [-0.39, 0.29) is 11.5 Å². The monoisotopic (exact) mass is 356 g/mol. The van der Waals surface area contributed by atoms with Crippen LogP contribution in [0.5, 0.6) is 6.01 Å². The van der Waals surface area contributed by atoms with Crippen LogP contribution in [0.4, 0.5) is 13.2 Å². The van der Waals surface area contributed by atoms with Gasteiger partial charge in [0.25, 0.3) is 0 Å². The first-order chi connectivity index (χ1) is 12.4. The summed E-state index contributed by atoms with van der Waals surface area (Å²) in [6.07, 6.45) is -1.41. The van der Waals surface area contributed by atoms with E-state index in [1.54, 1.807) is 12.1 Å². The number of aromatic hydroxyl groups is 1. The molecule has 5 nitrogen and oxygen atoms in total. The van der Waals surface area contributed by atoms with Crippen LogP contribution in [0.3, 0.4) is 0 Å². The summed E-state index contributed by atoms with van der Waals surface area (Å²) >= 11 is 0. The second-order valence-corrected chi connectivity index (χ2v) is 5.66. The van der Waals surface area contributed by atoms with Crippen molar-refractivity contribution in [3.63, 3.8) is 0 Å². The number of rotatable bonds is 2. The molecule has 8 heteroatoms. The molecule has 0 amide bonds. The lowest BCUT2D eigenvalue weighted by Crippen LogP contribution is -2.04. The van der Waals surface area contributed by atoms with Crippen LogP contribution in [-0.4, -0.2) is 25.0 Å². The van der Waals surface area contributed by atoms with E-state index in [9.17, 15) is 13.2 Å². The van der Waals surface area contributed by atoms with Gasteiger partial charge >= 0.3 is 12.2 Å². The highest BCUT2D eigenvalue weighted by molar-refractivity contribution is 5.80. The van der Waals surface area contributed by atoms with Crippen molar-refractivity contribution in [1.29, 1.82) is 0 Å². The van der Waals surface area contributed by atoms with Gasteiger partial charge in [0.2, 0.25) is 0 Å². The zero-order chi connectivity index (χ0) is 18.3. The van der Waals surface area contributed by atoms with Gasteiger partial charge in [0.05, 0.1) is 16.6 Å². The Morgan fingerprint density at radius 3 is 2.15 bits per heavy atom. The van der Waals surface area contributed by atoms with E-state index >= 15 is 0 Å². The van der Waals surface area contributed by atoms with Gasteiger partial charge in [-0.15, -0.1) is 0 Å². The summed E-state index contributed by atoms with van der Waals surface area (Å²) in [5.74, 6) is 0.479. The van der Waals surface area contributed by atoms with E-state index < -0.39 is 11.7 Å². The molecule has 0 aliphatic carbocycles. The molecule has 0 saturated heterocycles. The fourth-order valence-corrected chi connectivity index (χ4v) is 2.61. The quantitative estimate of drug-likeness (QED) is 0.558. The SMILES string of the molecule is Oc1ncc(-c2ccc(-c3nc4cc(C(F)(F)F)ccc4[nH]3)cc2)cn1. The van der Waals surface area contributed by atoms with Crippen molar-refractivity contribution >= 4 is 11.0 Å². The fourth-order valence-electron chi connectivity index (χ4n) is 2.61. The number of nitrogens with zero attached hydrogens (tertiary/aromatic N) is 3. The molecule has 0 fully saturated rings. The van der Waals surface area contributed by atoms with Crippen molar-refractivity contribution < 1.29 is 18.3 Å². The fraction of sp³-hybridized carbons (Fsp3) is 0.0556. The maximum Gasteiger partial charge on any atom is 0.416 e. The molecule has 0 bridgehead atoms. The summed E-state index contributed by atoms with van der Waals surface area (Å²) in [4.78, 5) is 14.7. The van der Waals surface area contributed by atoms with Crippen molar-refractivity contribution in [3.05, 3.63) is 60.4 Å². The van der Waals surface area contributed by atoms with Crippen molar-refractivity contribution in [1.82, 2.24) is 19.9 Å². The summed E-state index contributed by atoms with van der Waals surface area (Å²) in [7, 11) is 0. The normalized spacial score (nSPS) is 11.8. The number of fused-ring (bicyclic) bond motifs is 1. The minimum atomic E-state index is -4.40. The zero-order valence-corrected chi connectivity index (χ0v) is 13.1. The highest BCUT2D eigenvalue weighted by Gasteiger charge is 2.30. The first-order valence-electron chi connectivity index (χ1n) is 7.59. The van der Waals surface area contributed by atoms with E-state index in [1.807, 2.05) is 12.1 Å². The molecule has 0 aliphatic rings. The number of benzene rings is 2. The molecule has 2 aromatic heterocycles. The average molecular weight is 356 g/mol. The van der Waals surface area contributed by atoms with Gasteiger partial charge in [-0.3, -0.25) is 0 Å². The number of halogens is 3. The predicted octanol–water partition coefficient (Wildman–Crippen LogP) is 4.41. The molecule has 0 spiro atoms. The van der Waals surface area contributed by atoms with E-state index in [0.29, 0.717) is 11.3 Å². The largest absolute Gasteiger partial charge is 0.479 e. The van der Waals surface area contributed by atoms with Gasteiger partial charge in [0.1, 0.15) is 5.82 Å². The maximum absolute atomic E-state index is 12.8. The van der Waals surface area contributed by atoms with E-state index in [4.69, 9.17) is 5.11 Å². The summed E-state index contributed by atoms with van der Waals surface area (Å²) in [5.41, 5.74) is 2.36. The van der Waals surface area contributed by atoms with Gasteiger partial charge in [-0.05, 0) is 23.8 Å². The van der Waals surface area contributed by atoms with E-state index in [1.165, 1.54) is 18.5 Å². The number of H-pyrrole nitrogens is 1. The van der Waals surface area contributed by atoms with Crippen LogP contribution in [0.2, 0.25) is 0 Å². The average Bonchev–Trinajstić information content (AvgIpc) is 3.05. The van der Waals surface area contributed by atoms with Crippen LogP contribution in [0.25, 0.3) is 33.5 Å². The van der Waals surface area contributed by atoms with Crippen molar-refractivity contribution in [2.24, 2.45) is 0 Å². The minimum absolute atomic E-state index is 0.255. The van der Waals surface area contributed by atoms with Gasteiger partial charge in [-0.1, -0.05) is 24.3 Å². The molecule has 2 N–H and O–H groups in total. The molecule has 4 rings (SSSR count). The molecule has 2 heterocycles. The van der Waals surface area contributed by atoms with Gasteiger partial charge in [0, 0.05) is 23.5 Å². The zero-order valence-electron chi connectivity index (χ0n) is 13.1. The Balaban J connectivity index is 1.68. The van der Waals surface area contributed by atoms with Gasteiger partial charge in [-0.25, -0.2) is 15.0 Å². The summed E-state index contributed by atoms with van der Waals surface area (Å²) < 4.78 is 38.4. The smallest absolute Gasteiger partial charge is 0.416 e. The summed E-state index contributed by atoms with van der Waals surface area (Å²) in [6.45, 7) is 0. The Morgan fingerprint density at radius 1 is 0.846 bits per heavy atom. The van der Waals surface area contributed by atoms with Crippen molar-refractivity contribution in [2.75, 3.05) is 0 Å². The van der Waals surface area contributed by atoms with Crippen LogP contribution in [0.15, 0.2) is 54.9 Å². The van der Waals surface area contributed by atoms with E-state index in [2.05, 4.69) is 19.9 Å². The molecular formula is C18H11F3N4O. The predicted molar refractivity (Wildman–Crippen MR) is 89.2 cm³/mol. The third kappa shape index (κ3) is 2.97. The lowest BCUT2D eigenvalue weighted by Gasteiger charge is -2.04. The first-order valence-corrected chi connectivity index (χ1v) is 7.59. The molecule has 0 radical (unpaired) electrons. The van der Waals surface area contributed by atoms with Crippen LogP contribution in [0, 0.1) is 0 Å². The Morgan fingerprint density at radius 2 is 1.50 bits per heavy atom. The van der Waals surface area contributed by atoms with Crippen LogP contribution in [-0.2, 0) is 6.18 Å². The molecule has 0 unspecified atom stereocenters. The summed E-state index contributed by atoms with van der Waals surface area (Å²) in [5, 5.41) is 9.13. The van der Waals surface area contributed by atoms with Gasteiger partial charge in [-0.2, -0.15) is 13.2 Å². The third-order valence-corrected chi connectivity index (χ3v) is 3.94. The topological polar surface area (TPSA) is 74.7 Å². The van der Waals surface area contributed by atoms with Crippen LogP contribution in [0.1, 0.15) is 5.56 Å². The number of aromatic nitrogens is 4. The lowest BCUT2D eigenvalue weighted by molar-refractivity contribution is -0.137. The third-order valence-electron chi connectivity index (χ3n) is 3.94. The number of nitrogens with one attached hydrogen (secondary N) is 1. The minimum Gasteiger partial charge on any atom is -0.479 e. The molecule has 0 saturated carbocycles. The highest BCUT2D eigenvalue weighted by Crippen LogP contribution is 2.32. The molecule has 0 atom stereocenters. The van der Waals surface area contributed by atoms with Crippen LogP contribution < -0.4 is 0 Å². The number of hydrogen-bond acceptors (Lipinski definition) is 4. The maximum atomic E-state index is 12.8. The molecule has 2 aromatic carbocycles. The number of hydrogen-bond donors (Lipinski definition) is 2. The molecule has 26 heavy (non-hydrogen) atoms. The van der Waals surface area contributed by atoms with E-state index in [0.717, 1.165) is 28.8 Å². The van der Waals surface area contributed by atoms with Gasteiger partial charge in [0.15, 0.2) is 0 Å². The highest BCUT2D eigenvalue weighted by atomic mass is 19.4. The molecular weight excluding hydrogens is 345 g/mol. The molecule has 4 aromatic rings. The van der Waals surface area contributed by atoms with Crippen molar-refractivity contribution in [2.45, 2.75) is 6.18 Å². The first kappa shape index (κ1) is 16.1. The second-order valence-electron chi connectivity index (χ2n) is 5.66. The summed E-state index contributed by atoms with van der Waals surface area (Å²) in [6, 6.07) is 10.4. The second kappa shape index (κ2) is 5.83. The van der Waals surface area contributed by atoms with Gasteiger partial charge < -0.3 is 10.1 Å². The number of aromatic amines is 1. The Hall–Kier alpha value is -3.42. The Bertz CT molecular complexity index is 1070. The Kier molecular flexibility index (Phi) is 3.61. The number of imidazole rings is 1. The number of alkyl halides is 3.